The number of thiol groups is 1. The van der Waals surface area contributed by atoms with Crippen molar-refractivity contribution in [2.45, 2.75) is 57.2 Å². The zero-order chi connectivity index (χ0) is 25.2. The maximum atomic E-state index is 14.5. The summed E-state index contributed by atoms with van der Waals surface area (Å²) >= 11 is 4.03. The number of rotatable bonds is 6. The van der Waals surface area contributed by atoms with Crippen LogP contribution in [0.2, 0.25) is 0 Å². The smallest absolute Gasteiger partial charge is 0.418 e. The van der Waals surface area contributed by atoms with E-state index in [0.717, 1.165) is 16.3 Å². The highest BCUT2D eigenvalue weighted by Crippen LogP contribution is 2.41. The summed E-state index contributed by atoms with van der Waals surface area (Å²) in [7, 11) is 0. The molecule has 186 valence electrons. The SMILES string of the molecule is Cc1cccc(F)c1C1CCC(c2cc(OCS)nn(Cc3ncccc3C(F)(F)F)c2=O)CC1. The summed E-state index contributed by atoms with van der Waals surface area (Å²) in [4.78, 5) is 17.2. The van der Waals surface area contributed by atoms with Crippen LogP contribution in [0.3, 0.4) is 0 Å². The first-order chi connectivity index (χ1) is 16.7. The maximum Gasteiger partial charge on any atom is 0.418 e. The van der Waals surface area contributed by atoms with Crippen LogP contribution in [0.5, 0.6) is 5.88 Å². The van der Waals surface area contributed by atoms with Crippen LogP contribution < -0.4 is 10.3 Å². The van der Waals surface area contributed by atoms with Crippen LogP contribution >= 0.6 is 12.6 Å². The van der Waals surface area contributed by atoms with Crippen LogP contribution in [-0.2, 0) is 12.7 Å². The van der Waals surface area contributed by atoms with Gasteiger partial charge in [0, 0.05) is 17.8 Å². The topological polar surface area (TPSA) is 57.0 Å². The molecule has 0 atom stereocenters. The van der Waals surface area contributed by atoms with Crippen LogP contribution in [0, 0.1) is 12.7 Å². The molecule has 0 N–H and O–H groups in total. The molecule has 1 aliphatic carbocycles. The molecule has 0 saturated heterocycles. The van der Waals surface area contributed by atoms with Crippen LogP contribution in [-0.4, -0.2) is 20.7 Å². The number of aryl methyl sites for hydroxylation is 1. The lowest BCUT2D eigenvalue weighted by molar-refractivity contribution is -0.138. The molecule has 1 saturated carbocycles. The molecule has 0 bridgehead atoms. The molecule has 1 aromatic carbocycles. The lowest BCUT2D eigenvalue weighted by Crippen LogP contribution is -2.30. The van der Waals surface area contributed by atoms with Crippen LogP contribution in [0.1, 0.15) is 65.5 Å². The molecule has 1 aliphatic rings. The Morgan fingerprint density at radius 1 is 1.11 bits per heavy atom. The van der Waals surface area contributed by atoms with Gasteiger partial charge in [0.2, 0.25) is 5.88 Å². The van der Waals surface area contributed by atoms with E-state index in [-0.39, 0.29) is 35.2 Å². The molecule has 0 unspecified atom stereocenters. The average molecular weight is 508 g/mol. The van der Waals surface area contributed by atoms with Crippen molar-refractivity contribution >= 4 is 12.6 Å². The Bertz CT molecular complexity index is 1230. The van der Waals surface area contributed by atoms with E-state index in [4.69, 9.17) is 4.74 Å². The van der Waals surface area contributed by atoms with Gasteiger partial charge in [-0.25, -0.2) is 9.07 Å². The summed E-state index contributed by atoms with van der Waals surface area (Å²) in [5.41, 5.74) is 0.330. The molecule has 10 heteroatoms. The van der Waals surface area contributed by atoms with Gasteiger partial charge in [0.05, 0.1) is 17.8 Å². The normalized spacial score (nSPS) is 18.5. The molecule has 2 heterocycles. The van der Waals surface area contributed by atoms with Gasteiger partial charge in [-0.2, -0.15) is 13.2 Å². The standard InChI is InChI=1S/C25H25F4N3O2S/c1-15-4-2-6-20(26)23(15)17-9-7-16(8-10-17)18-12-22(34-14-35)31-32(24(18)33)13-21-19(25(27,28)29)5-3-11-30-21/h2-6,11-12,16-17,35H,7-10,13-14H2,1H3. The Hall–Kier alpha value is -2.88. The number of aromatic nitrogens is 3. The molecule has 0 aliphatic heterocycles. The van der Waals surface area contributed by atoms with E-state index < -0.39 is 23.8 Å². The summed E-state index contributed by atoms with van der Waals surface area (Å²) in [6, 6.07) is 8.70. The Labute approximate surface area is 205 Å². The molecule has 35 heavy (non-hydrogen) atoms. The van der Waals surface area contributed by atoms with E-state index in [9.17, 15) is 22.4 Å². The second-order valence-electron chi connectivity index (χ2n) is 8.69. The first kappa shape index (κ1) is 25.2. The summed E-state index contributed by atoms with van der Waals surface area (Å²) in [5.74, 6) is -0.228. The van der Waals surface area contributed by atoms with Crippen molar-refractivity contribution in [3.8, 4) is 5.88 Å². The quantitative estimate of drug-likeness (QED) is 0.258. The van der Waals surface area contributed by atoms with Crippen molar-refractivity contribution in [3.05, 3.63) is 86.7 Å². The Kier molecular flexibility index (Phi) is 7.49. The molecule has 0 spiro atoms. The van der Waals surface area contributed by atoms with Gasteiger partial charge in [0.1, 0.15) is 11.8 Å². The number of nitrogens with zero attached hydrogens (tertiary/aromatic N) is 3. The highest BCUT2D eigenvalue weighted by Gasteiger charge is 2.34. The molecular weight excluding hydrogens is 482 g/mol. The number of ether oxygens (including phenoxy) is 1. The minimum atomic E-state index is -4.61. The third kappa shape index (κ3) is 5.52. The van der Waals surface area contributed by atoms with Crippen LogP contribution in [0.25, 0.3) is 0 Å². The Morgan fingerprint density at radius 3 is 2.49 bits per heavy atom. The fourth-order valence-electron chi connectivity index (χ4n) is 4.89. The Morgan fingerprint density at radius 2 is 1.83 bits per heavy atom. The van der Waals surface area contributed by atoms with Crippen LogP contribution in [0.4, 0.5) is 17.6 Å². The van der Waals surface area contributed by atoms with Crippen molar-refractivity contribution < 1.29 is 22.3 Å². The maximum absolute atomic E-state index is 14.5. The minimum absolute atomic E-state index is 0.0126. The van der Waals surface area contributed by atoms with Crippen molar-refractivity contribution in [1.29, 1.82) is 0 Å². The molecule has 4 rings (SSSR count). The number of hydrogen-bond acceptors (Lipinski definition) is 5. The second kappa shape index (κ2) is 10.4. The van der Waals surface area contributed by atoms with Crippen molar-refractivity contribution in [2.75, 3.05) is 5.94 Å². The van der Waals surface area contributed by atoms with E-state index >= 15 is 0 Å². The predicted molar refractivity (Wildman–Crippen MR) is 126 cm³/mol. The zero-order valence-corrected chi connectivity index (χ0v) is 20.0. The fraction of sp³-hybridized carbons (Fsp3) is 0.400. The van der Waals surface area contributed by atoms with E-state index in [1.807, 2.05) is 13.0 Å². The summed E-state index contributed by atoms with van der Waals surface area (Å²) in [5, 5.41) is 4.10. The molecule has 3 aromatic rings. The minimum Gasteiger partial charge on any atom is -0.466 e. The predicted octanol–water partition coefficient (Wildman–Crippen LogP) is 5.86. The highest BCUT2D eigenvalue weighted by atomic mass is 32.1. The lowest BCUT2D eigenvalue weighted by atomic mass is 9.75. The fourth-order valence-corrected chi connectivity index (χ4v) is 5.02. The van der Waals surface area contributed by atoms with Gasteiger partial charge >= 0.3 is 6.18 Å². The van der Waals surface area contributed by atoms with Gasteiger partial charge in [-0.15, -0.1) is 17.7 Å². The van der Waals surface area contributed by atoms with E-state index in [1.54, 1.807) is 6.07 Å². The number of alkyl halides is 3. The molecule has 5 nitrogen and oxygen atoms in total. The van der Waals surface area contributed by atoms with Gasteiger partial charge in [0.15, 0.2) is 0 Å². The highest BCUT2D eigenvalue weighted by molar-refractivity contribution is 7.80. The number of hydrogen-bond donors (Lipinski definition) is 1. The third-order valence-corrected chi connectivity index (χ3v) is 6.66. The van der Waals surface area contributed by atoms with Crippen LogP contribution in [0.15, 0.2) is 47.4 Å². The first-order valence-corrected chi connectivity index (χ1v) is 11.9. The van der Waals surface area contributed by atoms with Gasteiger partial charge in [-0.3, -0.25) is 9.78 Å². The summed E-state index contributed by atoms with van der Waals surface area (Å²) in [6.07, 6.45) is -0.718. The monoisotopic (exact) mass is 507 g/mol. The van der Waals surface area contributed by atoms with Gasteiger partial charge in [-0.05, 0) is 73.8 Å². The Balaban J connectivity index is 1.63. The lowest BCUT2D eigenvalue weighted by Gasteiger charge is -2.30. The van der Waals surface area contributed by atoms with Crippen molar-refractivity contribution in [1.82, 2.24) is 14.8 Å². The van der Waals surface area contributed by atoms with E-state index in [0.29, 0.717) is 36.8 Å². The molecule has 0 amide bonds. The third-order valence-electron chi connectivity index (χ3n) is 6.53. The van der Waals surface area contributed by atoms with Crippen molar-refractivity contribution in [3.63, 3.8) is 0 Å². The average Bonchev–Trinajstić information content (AvgIpc) is 2.81. The number of benzene rings is 1. The van der Waals surface area contributed by atoms with Gasteiger partial charge in [0.25, 0.3) is 5.56 Å². The molecule has 0 radical (unpaired) electrons. The van der Waals surface area contributed by atoms with E-state index in [1.165, 1.54) is 24.4 Å². The number of halogens is 4. The summed E-state index contributed by atoms with van der Waals surface area (Å²) in [6.45, 7) is 1.44. The van der Waals surface area contributed by atoms with Crippen molar-refractivity contribution in [2.24, 2.45) is 0 Å². The largest absolute Gasteiger partial charge is 0.466 e. The molecular formula is C25H25F4N3O2S. The van der Waals surface area contributed by atoms with Gasteiger partial charge in [-0.1, -0.05) is 12.1 Å². The second-order valence-corrected chi connectivity index (χ2v) is 8.95. The zero-order valence-electron chi connectivity index (χ0n) is 19.1. The van der Waals surface area contributed by atoms with Gasteiger partial charge < -0.3 is 4.74 Å². The molecule has 2 aromatic heterocycles. The number of pyridine rings is 1. The first-order valence-electron chi connectivity index (χ1n) is 11.3. The summed E-state index contributed by atoms with van der Waals surface area (Å²) < 4.78 is 61.2. The molecule has 1 fully saturated rings. The van der Waals surface area contributed by atoms with E-state index in [2.05, 4.69) is 22.7 Å².